The van der Waals surface area contributed by atoms with Crippen LogP contribution in [-0.2, 0) is 11.2 Å². The Labute approximate surface area is 117 Å². The van der Waals surface area contributed by atoms with Crippen LogP contribution in [0.3, 0.4) is 0 Å². The highest BCUT2D eigenvalue weighted by molar-refractivity contribution is 14.1. The van der Waals surface area contributed by atoms with E-state index in [1.54, 1.807) is 7.11 Å². The zero-order valence-electron chi connectivity index (χ0n) is 10.6. The number of halogens is 1. The van der Waals surface area contributed by atoms with E-state index in [0.29, 0.717) is 5.92 Å². The van der Waals surface area contributed by atoms with Gasteiger partial charge in [-0.2, -0.15) is 0 Å². The van der Waals surface area contributed by atoms with Gasteiger partial charge in [0.05, 0.1) is 0 Å². The van der Waals surface area contributed by atoms with Crippen molar-refractivity contribution < 1.29 is 9.47 Å². The van der Waals surface area contributed by atoms with Gasteiger partial charge in [0.15, 0.2) is 6.79 Å². The summed E-state index contributed by atoms with van der Waals surface area (Å²) in [6.07, 6.45) is 2.72. The van der Waals surface area contributed by atoms with Gasteiger partial charge in [-0.25, -0.2) is 0 Å². The van der Waals surface area contributed by atoms with E-state index in [1.165, 1.54) is 14.7 Å². The molecule has 17 heavy (non-hydrogen) atoms. The molecule has 0 bridgehead atoms. The minimum atomic E-state index is 0.282. The largest absolute Gasteiger partial charge is 0.467 e. The Hall–Kier alpha value is -0.550. The molecule has 0 aromatic heterocycles. The lowest BCUT2D eigenvalue weighted by Gasteiger charge is -2.18. The number of rotatable bonds is 6. The molecule has 0 unspecified atom stereocenters. The fourth-order valence-corrected chi connectivity index (χ4v) is 2.34. The summed E-state index contributed by atoms with van der Waals surface area (Å²) in [6, 6.07) is 4.26. The van der Waals surface area contributed by atoms with Crippen LogP contribution in [0.15, 0.2) is 24.8 Å². The summed E-state index contributed by atoms with van der Waals surface area (Å²) in [7, 11) is 1.64. The molecule has 0 amide bonds. The Morgan fingerprint density at radius 3 is 2.65 bits per heavy atom. The zero-order valence-corrected chi connectivity index (χ0v) is 12.8. The smallest absolute Gasteiger partial charge is 0.188 e. The van der Waals surface area contributed by atoms with E-state index in [0.717, 1.165) is 12.2 Å². The molecule has 0 aliphatic carbocycles. The monoisotopic (exact) mass is 346 g/mol. The van der Waals surface area contributed by atoms with Crippen molar-refractivity contribution in [2.75, 3.05) is 13.9 Å². The third kappa shape index (κ3) is 3.71. The van der Waals surface area contributed by atoms with Crippen LogP contribution in [-0.4, -0.2) is 13.9 Å². The lowest BCUT2D eigenvalue weighted by Crippen LogP contribution is -2.06. The third-order valence-electron chi connectivity index (χ3n) is 2.53. The van der Waals surface area contributed by atoms with Crippen LogP contribution >= 0.6 is 22.6 Å². The average molecular weight is 346 g/mol. The summed E-state index contributed by atoms with van der Waals surface area (Å²) < 4.78 is 11.9. The van der Waals surface area contributed by atoms with Gasteiger partial charge in [0.2, 0.25) is 0 Å². The van der Waals surface area contributed by atoms with Crippen molar-refractivity contribution in [2.45, 2.75) is 26.2 Å². The number of methoxy groups -OCH3 is 1. The second kappa shape index (κ2) is 7.01. The standard InChI is InChI=1S/C14H19IO2/c1-5-6-12-13(15)8-7-11(10(2)3)14(12)17-9-16-4/h5,7-8,10H,1,6,9H2,2-4H3. The number of ether oxygens (including phenoxy) is 2. The molecule has 0 aliphatic heterocycles. The summed E-state index contributed by atoms with van der Waals surface area (Å²) in [5, 5.41) is 0. The van der Waals surface area contributed by atoms with Crippen LogP contribution in [0.4, 0.5) is 0 Å². The lowest BCUT2D eigenvalue weighted by atomic mass is 9.98. The highest BCUT2D eigenvalue weighted by atomic mass is 127. The van der Waals surface area contributed by atoms with Gasteiger partial charge in [0.25, 0.3) is 0 Å². The van der Waals surface area contributed by atoms with Crippen LogP contribution in [0.25, 0.3) is 0 Å². The summed E-state index contributed by atoms with van der Waals surface area (Å²) in [6.45, 7) is 8.42. The van der Waals surface area contributed by atoms with Gasteiger partial charge >= 0.3 is 0 Å². The van der Waals surface area contributed by atoms with E-state index in [1.807, 2.05) is 6.08 Å². The quantitative estimate of drug-likeness (QED) is 0.438. The molecule has 0 N–H and O–H groups in total. The Morgan fingerprint density at radius 1 is 1.41 bits per heavy atom. The van der Waals surface area contributed by atoms with Crippen LogP contribution in [0, 0.1) is 3.57 Å². The van der Waals surface area contributed by atoms with Gasteiger partial charge in [0, 0.05) is 16.2 Å². The topological polar surface area (TPSA) is 18.5 Å². The maximum atomic E-state index is 5.74. The average Bonchev–Trinajstić information content (AvgIpc) is 2.29. The molecule has 94 valence electrons. The fourth-order valence-electron chi connectivity index (χ4n) is 1.70. The maximum Gasteiger partial charge on any atom is 0.188 e. The first-order valence-corrected chi connectivity index (χ1v) is 6.73. The maximum absolute atomic E-state index is 5.74. The Balaban J connectivity index is 3.22. The number of allylic oxidation sites excluding steroid dienone is 1. The van der Waals surface area contributed by atoms with Gasteiger partial charge < -0.3 is 9.47 Å². The van der Waals surface area contributed by atoms with Crippen molar-refractivity contribution in [3.63, 3.8) is 0 Å². The minimum absolute atomic E-state index is 0.282. The van der Waals surface area contributed by atoms with Gasteiger partial charge in [0.1, 0.15) is 5.75 Å². The molecular weight excluding hydrogens is 327 g/mol. The number of hydrogen-bond acceptors (Lipinski definition) is 2. The van der Waals surface area contributed by atoms with E-state index >= 15 is 0 Å². The molecule has 0 saturated carbocycles. The van der Waals surface area contributed by atoms with E-state index in [2.05, 4.69) is 55.2 Å². The predicted molar refractivity (Wildman–Crippen MR) is 79.7 cm³/mol. The Morgan fingerprint density at radius 2 is 2.12 bits per heavy atom. The summed E-state index contributed by atoms with van der Waals surface area (Å²) in [5.41, 5.74) is 2.42. The summed E-state index contributed by atoms with van der Waals surface area (Å²) in [4.78, 5) is 0. The molecule has 1 rings (SSSR count). The van der Waals surface area contributed by atoms with E-state index in [-0.39, 0.29) is 6.79 Å². The van der Waals surface area contributed by atoms with E-state index in [4.69, 9.17) is 9.47 Å². The van der Waals surface area contributed by atoms with Crippen LogP contribution in [0.1, 0.15) is 30.9 Å². The minimum Gasteiger partial charge on any atom is -0.467 e. The highest BCUT2D eigenvalue weighted by Gasteiger charge is 2.14. The van der Waals surface area contributed by atoms with Crippen molar-refractivity contribution in [1.82, 2.24) is 0 Å². The molecule has 0 atom stereocenters. The molecule has 3 heteroatoms. The number of hydrogen-bond donors (Lipinski definition) is 0. The van der Waals surface area contributed by atoms with Crippen molar-refractivity contribution in [1.29, 1.82) is 0 Å². The first-order chi connectivity index (χ1) is 8.11. The molecule has 0 fully saturated rings. The van der Waals surface area contributed by atoms with Crippen molar-refractivity contribution in [3.8, 4) is 5.75 Å². The molecule has 0 aliphatic rings. The van der Waals surface area contributed by atoms with Crippen LogP contribution in [0.5, 0.6) is 5.75 Å². The summed E-state index contributed by atoms with van der Waals surface area (Å²) >= 11 is 2.33. The van der Waals surface area contributed by atoms with Crippen LogP contribution in [0.2, 0.25) is 0 Å². The van der Waals surface area contributed by atoms with Gasteiger partial charge in [-0.1, -0.05) is 26.0 Å². The van der Waals surface area contributed by atoms with Gasteiger partial charge in [-0.05, 0) is 46.6 Å². The Kier molecular flexibility index (Phi) is 5.98. The SMILES string of the molecule is C=CCc1c(I)ccc(C(C)C)c1OCOC. The van der Waals surface area contributed by atoms with Crippen molar-refractivity contribution in [3.05, 3.63) is 39.5 Å². The Bertz CT molecular complexity index is 386. The molecule has 0 radical (unpaired) electrons. The molecule has 0 saturated heterocycles. The van der Waals surface area contributed by atoms with E-state index < -0.39 is 0 Å². The van der Waals surface area contributed by atoms with Gasteiger partial charge in [-0.3, -0.25) is 0 Å². The van der Waals surface area contributed by atoms with Gasteiger partial charge in [-0.15, -0.1) is 6.58 Å². The predicted octanol–water partition coefficient (Wildman–Crippen LogP) is 4.13. The second-order valence-corrected chi connectivity index (χ2v) is 5.30. The molecule has 0 heterocycles. The first-order valence-electron chi connectivity index (χ1n) is 5.65. The third-order valence-corrected chi connectivity index (χ3v) is 3.54. The lowest BCUT2D eigenvalue weighted by molar-refractivity contribution is 0.0496. The van der Waals surface area contributed by atoms with Crippen molar-refractivity contribution >= 4 is 22.6 Å². The first kappa shape index (κ1) is 14.5. The highest BCUT2D eigenvalue weighted by Crippen LogP contribution is 2.33. The normalized spacial score (nSPS) is 10.6. The second-order valence-electron chi connectivity index (χ2n) is 4.14. The van der Waals surface area contributed by atoms with E-state index in [9.17, 15) is 0 Å². The van der Waals surface area contributed by atoms with Crippen LogP contribution < -0.4 is 4.74 Å². The zero-order chi connectivity index (χ0) is 12.8. The molecule has 1 aromatic carbocycles. The molecule has 1 aromatic rings. The number of benzene rings is 1. The molecular formula is C14H19IO2. The van der Waals surface area contributed by atoms with Crippen molar-refractivity contribution in [2.24, 2.45) is 0 Å². The summed E-state index contributed by atoms with van der Waals surface area (Å²) in [5.74, 6) is 1.39. The fraction of sp³-hybridized carbons (Fsp3) is 0.429. The molecule has 0 spiro atoms. The molecule has 2 nitrogen and oxygen atoms in total.